The zero-order chi connectivity index (χ0) is 22.5. The van der Waals surface area contributed by atoms with Gasteiger partial charge in [-0.05, 0) is 35.9 Å². The van der Waals surface area contributed by atoms with E-state index in [1.807, 2.05) is 47.6 Å². The number of hydrogen-bond acceptors (Lipinski definition) is 4. The van der Waals surface area contributed by atoms with Gasteiger partial charge in [0.1, 0.15) is 0 Å². The number of thiophene rings is 1. The highest BCUT2D eigenvalue weighted by Gasteiger charge is 2.28. The molecule has 1 aliphatic rings. The van der Waals surface area contributed by atoms with Crippen LogP contribution in [0.1, 0.15) is 0 Å². The van der Waals surface area contributed by atoms with Crippen molar-refractivity contribution in [2.75, 3.05) is 0 Å². The van der Waals surface area contributed by atoms with Gasteiger partial charge < -0.3 is 0 Å². The van der Waals surface area contributed by atoms with E-state index in [-0.39, 0.29) is 0 Å². The molecule has 34 heavy (non-hydrogen) atoms. The summed E-state index contributed by atoms with van der Waals surface area (Å²) in [4.78, 5) is 13.2. The zero-order valence-electron chi connectivity index (χ0n) is 18.1. The minimum Gasteiger partial charge on any atom is -0.256 e. The lowest BCUT2D eigenvalue weighted by Gasteiger charge is -2.15. The molecule has 0 saturated heterocycles. The van der Waals surface area contributed by atoms with Crippen molar-refractivity contribution in [2.45, 2.75) is 9.79 Å². The van der Waals surface area contributed by atoms with E-state index >= 15 is 0 Å². The standard InChI is InChI=1S/C30H18N2S2/c1-2-16-26-21(9-1)27-22-12-7-10-19(24-14-3-5-17-31-24)28(22)34-29-20(25-15-4-6-18-32-25)11-8-13-23(29)30(27)33-26/h1-18H. The molecule has 0 spiro atoms. The Balaban J connectivity index is 1.61. The van der Waals surface area contributed by atoms with Crippen molar-refractivity contribution in [2.24, 2.45) is 0 Å². The number of aromatic nitrogens is 2. The van der Waals surface area contributed by atoms with Gasteiger partial charge in [-0.25, -0.2) is 0 Å². The summed E-state index contributed by atoms with van der Waals surface area (Å²) in [5.74, 6) is 0. The van der Waals surface area contributed by atoms with Crippen LogP contribution < -0.4 is 0 Å². The lowest BCUT2D eigenvalue weighted by Crippen LogP contribution is -1.90. The molecule has 4 heterocycles. The van der Waals surface area contributed by atoms with E-state index in [0.717, 1.165) is 22.5 Å². The third-order valence-electron chi connectivity index (χ3n) is 6.23. The Bertz CT molecular complexity index is 1670. The molecule has 0 radical (unpaired) electrons. The fraction of sp³-hybridized carbons (Fsp3) is 0. The molecule has 2 nitrogen and oxygen atoms in total. The second-order valence-electron chi connectivity index (χ2n) is 8.20. The Morgan fingerprint density at radius 3 is 1.76 bits per heavy atom. The van der Waals surface area contributed by atoms with E-state index in [2.05, 4.69) is 84.9 Å². The Morgan fingerprint density at radius 2 is 1.09 bits per heavy atom. The van der Waals surface area contributed by atoms with E-state index in [0.29, 0.717) is 0 Å². The molecule has 1 aliphatic heterocycles. The Morgan fingerprint density at radius 1 is 0.500 bits per heavy atom. The van der Waals surface area contributed by atoms with Crippen LogP contribution in [0.3, 0.4) is 0 Å². The van der Waals surface area contributed by atoms with Crippen LogP contribution in [0.4, 0.5) is 0 Å². The predicted octanol–water partition coefficient (Wildman–Crippen LogP) is 8.82. The normalized spacial score (nSPS) is 12.0. The number of benzene rings is 3. The van der Waals surface area contributed by atoms with Crippen LogP contribution in [0.15, 0.2) is 119 Å². The minimum atomic E-state index is 0.992. The van der Waals surface area contributed by atoms with Crippen molar-refractivity contribution in [1.82, 2.24) is 9.97 Å². The molecular weight excluding hydrogens is 452 g/mol. The fourth-order valence-corrected chi connectivity index (χ4v) is 7.36. The molecule has 7 rings (SSSR count). The van der Waals surface area contributed by atoms with Gasteiger partial charge in [-0.2, -0.15) is 0 Å². The second-order valence-corrected chi connectivity index (χ2v) is 10.3. The van der Waals surface area contributed by atoms with Crippen LogP contribution >= 0.6 is 23.1 Å². The topological polar surface area (TPSA) is 25.8 Å². The van der Waals surface area contributed by atoms with Gasteiger partial charge in [0.05, 0.1) is 11.4 Å². The molecule has 3 aromatic carbocycles. The van der Waals surface area contributed by atoms with Crippen LogP contribution in [0.5, 0.6) is 0 Å². The summed E-state index contributed by atoms with van der Waals surface area (Å²) < 4.78 is 1.31. The highest BCUT2D eigenvalue weighted by atomic mass is 32.2. The van der Waals surface area contributed by atoms with E-state index in [1.165, 1.54) is 41.4 Å². The summed E-state index contributed by atoms with van der Waals surface area (Å²) in [6, 6.07) is 34.2. The fourth-order valence-electron chi connectivity index (χ4n) is 4.72. The van der Waals surface area contributed by atoms with Gasteiger partial charge in [-0.1, -0.05) is 78.5 Å². The molecule has 160 valence electrons. The molecule has 6 aromatic rings. The first-order valence-corrected chi connectivity index (χ1v) is 12.8. The number of hydrogen-bond donors (Lipinski definition) is 0. The SMILES string of the molecule is c1ccc(-c2cccc3c2Sc2c(-c4ccccn4)cccc2-c2c-3sc3ccccc23)nc1. The summed E-state index contributed by atoms with van der Waals surface area (Å²) in [5.41, 5.74) is 8.16. The highest BCUT2D eigenvalue weighted by Crippen LogP contribution is 2.57. The van der Waals surface area contributed by atoms with Crippen LogP contribution in [0.2, 0.25) is 0 Å². The smallest absolute Gasteiger partial charge is 0.0713 e. The molecule has 3 aromatic heterocycles. The molecule has 0 saturated carbocycles. The maximum atomic E-state index is 4.71. The molecule has 0 bridgehead atoms. The van der Waals surface area contributed by atoms with Crippen LogP contribution in [0.25, 0.3) is 54.2 Å². The van der Waals surface area contributed by atoms with Gasteiger partial charge >= 0.3 is 0 Å². The average Bonchev–Trinajstić information content (AvgIpc) is 3.22. The maximum absolute atomic E-state index is 4.71. The van der Waals surface area contributed by atoms with Crippen molar-refractivity contribution in [3.8, 4) is 44.1 Å². The number of rotatable bonds is 2. The van der Waals surface area contributed by atoms with Gasteiger partial charge in [0.2, 0.25) is 0 Å². The zero-order valence-corrected chi connectivity index (χ0v) is 19.7. The molecule has 0 aliphatic carbocycles. The summed E-state index contributed by atoms with van der Waals surface area (Å²) in [6.07, 6.45) is 3.74. The van der Waals surface area contributed by atoms with E-state index in [1.54, 1.807) is 0 Å². The predicted molar refractivity (Wildman–Crippen MR) is 143 cm³/mol. The van der Waals surface area contributed by atoms with E-state index in [4.69, 9.17) is 9.97 Å². The average molecular weight is 471 g/mol. The van der Waals surface area contributed by atoms with Crippen molar-refractivity contribution < 1.29 is 0 Å². The van der Waals surface area contributed by atoms with Crippen molar-refractivity contribution in [3.63, 3.8) is 0 Å². The first-order valence-electron chi connectivity index (χ1n) is 11.2. The Labute approximate surface area is 206 Å². The number of fused-ring (bicyclic) bond motifs is 7. The van der Waals surface area contributed by atoms with E-state index < -0.39 is 0 Å². The summed E-state index contributed by atoms with van der Waals surface area (Å²) in [5, 5.41) is 1.30. The lowest BCUT2D eigenvalue weighted by atomic mass is 9.96. The van der Waals surface area contributed by atoms with Crippen molar-refractivity contribution in [3.05, 3.63) is 109 Å². The minimum absolute atomic E-state index is 0.992. The van der Waals surface area contributed by atoms with Crippen LogP contribution in [-0.2, 0) is 0 Å². The summed E-state index contributed by atoms with van der Waals surface area (Å²) in [7, 11) is 0. The number of nitrogens with zero attached hydrogens (tertiary/aromatic N) is 2. The van der Waals surface area contributed by atoms with Gasteiger partial charge in [-0.3, -0.25) is 9.97 Å². The summed E-state index contributed by atoms with van der Waals surface area (Å²) in [6.45, 7) is 0. The van der Waals surface area contributed by atoms with Gasteiger partial charge in [0.15, 0.2) is 0 Å². The largest absolute Gasteiger partial charge is 0.256 e. The maximum Gasteiger partial charge on any atom is 0.0713 e. The molecule has 0 amide bonds. The molecule has 4 heteroatoms. The Hall–Kier alpha value is -3.73. The third-order valence-corrected chi connectivity index (χ3v) is 8.72. The third kappa shape index (κ3) is 3.03. The summed E-state index contributed by atoms with van der Waals surface area (Å²) >= 11 is 3.72. The molecule has 0 N–H and O–H groups in total. The quantitative estimate of drug-likeness (QED) is 0.252. The van der Waals surface area contributed by atoms with Crippen LogP contribution in [0, 0.1) is 0 Å². The van der Waals surface area contributed by atoms with Gasteiger partial charge in [-0.15, -0.1) is 11.3 Å². The monoisotopic (exact) mass is 470 g/mol. The van der Waals surface area contributed by atoms with Gasteiger partial charge in [0.25, 0.3) is 0 Å². The molecule has 0 unspecified atom stereocenters. The lowest BCUT2D eigenvalue weighted by molar-refractivity contribution is 1.29. The van der Waals surface area contributed by atoms with Crippen LogP contribution in [-0.4, -0.2) is 9.97 Å². The second kappa shape index (κ2) is 7.94. The van der Waals surface area contributed by atoms with E-state index in [9.17, 15) is 0 Å². The first kappa shape index (κ1) is 19.7. The number of pyridine rings is 2. The first-order chi connectivity index (χ1) is 16.9. The molecule has 0 fully saturated rings. The van der Waals surface area contributed by atoms with Crippen molar-refractivity contribution >= 4 is 33.2 Å². The molecular formula is C30H18N2S2. The Kier molecular flexibility index (Phi) is 4.61. The van der Waals surface area contributed by atoms with Gasteiger partial charge in [0, 0.05) is 59.4 Å². The highest BCUT2D eigenvalue weighted by molar-refractivity contribution is 8.00. The van der Waals surface area contributed by atoms with Crippen molar-refractivity contribution in [1.29, 1.82) is 0 Å². The molecule has 0 atom stereocenters.